The molecule has 2 atom stereocenters. The van der Waals surface area contributed by atoms with Crippen LogP contribution in [0.4, 0.5) is 4.79 Å². The predicted molar refractivity (Wildman–Crippen MR) is 102 cm³/mol. The molecule has 0 aromatic heterocycles. The molecular weight excluding hydrogens is 380 g/mol. The number of nitrogens with zero attached hydrogens (tertiary/aromatic N) is 1. The Morgan fingerprint density at radius 3 is 2.23 bits per heavy atom. The van der Waals surface area contributed by atoms with Gasteiger partial charge in [0.05, 0.1) is 0 Å². The van der Waals surface area contributed by atoms with Crippen molar-refractivity contribution in [2.45, 2.75) is 18.7 Å². The van der Waals surface area contributed by atoms with E-state index in [0.717, 1.165) is 10.5 Å². The molecule has 1 aromatic rings. The SMILES string of the molecule is O=C(O)[C@H](CS)NCCN(C(=O)OCc1ccccc1)[C@@H](CS)C(=O)O. The van der Waals surface area contributed by atoms with Crippen LogP contribution >= 0.6 is 25.3 Å². The molecule has 1 aromatic carbocycles. The van der Waals surface area contributed by atoms with Gasteiger partial charge in [0.2, 0.25) is 0 Å². The molecule has 3 N–H and O–H groups in total. The molecule has 0 unspecified atom stereocenters. The van der Waals surface area contributed by atoms with Crippen molar-refractivity contribution in [3.05, 3.63) is 35.9 Å². The van der Waals surface area contributed by atoms with E-state index in [2.05, 4.69) is 30.6 Å². The monoisotopic (exact) mass is 402 g/mol. The zero-order valence-corrected chi connectivity index (χ0v) is 15.7. The largest absolute Gasteiger partial charge is 0.480 e. The number of carbonyl (C=O) groups is 3. The van der Waals surface area contributed by atoms with Crippen LogP contribution in [0.3, 0.4) is 0 Å². The normalized spacial score (nSPS) is 12.8. The molecule has 0 saturated carbocycles. The number of amides is 1. The van der Waals surface area contributed by atoms with Crippen LogP contribution in [0.5, 0.6) is 0 Å². The first-order valence-electron chi connectivity index (χ1n) is 7.78. The fourth-order valence-electron chi connectivity index (χ4n) is 2.08. The third kappa shape index (κ3) is 7.14. The van der Waals surface area contributed by atoms with Gasteiger partial charge in [-0.1, -0.05) is 30.3 Å². The third-order valence-corrected chi connectivity index (χ3v) is 4.21. The lowest BCUT2D eigenvalue weighted by Crippen LogP contribution is -2.50. The van der Waals surface area contributed by atoms with E-state index in [-0.39, 0.29) is 31.2 Å². The topological polar surface area (TPSA) is 116 Å². The Labute approximate surface area is 162 Å². The van der Waals surface area contributed by atoms with Crippen molar-refractivity contribution in [3.63, 3.8) is 0 Å². The van der Waals surface area contributed by atoms with Gasteiger partial charge in [0.1, 0.15) is 18.7 Å². The molecule has 26 heavy (non-hydrogen) atoms. The summed E-state index contributed by atoms with van der Waals surface area (Å²) in [5.74, 6) is -2.35. The van der Waals surface area contributed by atoms with Gasteiger partial charge in [0.25, 0.3) is 0 Å². The number of benzene rings is 1. The quantitative estimate of drug-likeness (QED) is 0.350. The van der Waals surface area contributed by atoms with Gasteiger partial charge in [-0.3, -0.25) is 9.69 Å². The first-order chi connectivity index (χ1) is 12.4. The van der Waals surface area contributed by atoms with E-state index in [1.54, 1.807) is 24.3 Å². The summed E-state index contributed by atoms with van der Waals surface area (Å²) in [5.41, 5.74) is 0.762. The fraction of sp³-hybridized carbons (Fsp3) is 0.438. The Hall–Kier alpha value is -1.91. The minimum Gasteiger partial charge on any atom is -0.480 e. The number of aliphatic carboxylic acids is 2. The van der Waals surface area contributed by atoms with Gasteiger partial charge in [-0.05, 0) is 5.56 Å². The highest BCUT2D eigenvalue weighted by Crippen LogP contribution is 2.08. The fourth-order valence-corrected chi connectivity index (χ4v) is 2.71. The van der Waals surface area contributed by atoms with E-state index < -0.39 is 30.1 Å². The van der Waals surface area contributed by atoms with Crippen molar-refractivity contribution in [1.29, 1.82) is 0 Å². The molecule has 0 bridgehead atoms. The lowest BCUT2D eigenvalue weighted by molar-refractivity contribution is -0.142. The van der Waals surface area contributed by atoms with E-state index >= 15 is 0 Å². The van der Waals surface area contributed by atoms with Crippen LogP contribution in [0.25, 0.3) is 0 Å². The van der Waals surface area contributed by atoms with Crippen molar-refractivity contribution >= 4 is 43.3 Å². The van der Waals surface area contributed by atoms with Crippen LogP contribution in [0.2, 0.25) is 0 Å². The van der Waals surface area contributed by atoms with Crippen molar-refractivity contribution in [2.75, 3.05) is 24.6 Å². The number of rotatable bonds is 11. The Bertz CT molecular complexity index is 602. The minimum absolute atomic E-state index is 0.00307. The Morgan fingerprint density at radius 2 is 1.73 bits per heavy atom. The zero-order valence-electron chi connectivity index (χ0n) is 13.9. The summed E-state index contributed by atoms with van der Waals surface area (Å²) < 4.78 is 5.19. The van der Waals surface area contributed by atoms with Gasteiger partial charge in [0, 0.05) is 24.6 Å². The van der Waals surface area contributed by atoms with Crippen LogP contribution in [-0.4, -0.2) is 69.8 Å². The van der Waals surface area contributed by atoms with Gasteiger partial charge in [-0.25, -0.2) is 9.59 Å². The highest BCUT2D eigenvalue weighted by Gasteiger charge is 2.30. The maximum absolute atomic E-state index is 12.3. The molecule has 0 aliphatic rings. The van der Waals surface area contributed by atoms with Gasteiger partial charge in [-0.2, -0.15) is 25.3 Å². The second-order valence-electron chi connectivity index (χ2n) is 5.30. The number of carbonyl (C=O) groups excluding carboxylic acids is 1. The van der Waals surface area contributed by atoms with E-state index in [0.29, 0.717) is 0 Å². The Balaban J connectivity index is 2.72. The molecule has 10 heteroatoms. The lowest BCUT2D eigenvalue weighted by Gasteiger charge is -2.27. The Morgan fingerprint density at radius 1 is 1.08 bits per heavy atom. The second kappa shape index (κ2) is 11.7. The average Bonchev–Trinajstić information content (AvgIpc) is 2.62. The molecule has 8 nitrogen and oxygen atoms in total. The summed E-state index contributed by atoms with van der Waals surface area (Å²) in [6.45, 7) is 0.00906. The molecule has 0 fully saturated rings. The van der Waals surface area contributed by atoms with Crippen molar-refractivity contribution < 1.29 is 29.3 Å². The maximum atomic E-state index is 12.3. The predicted octanol–water partition coefficient (Wildman–Crippen LogP) is 0.981. The van der Waals surface area contributed by atoms with Crippen LogP contribution in [0.1, 0.15) is 5.56 Å². The molecular formula is C16H22N2O6S2. The van der Waals surface area contributed by atoms with Crippen molar-refractivity contribution in [1.82, 2.24) is 10.2 Å². The van der Waals surface area contributed by atoms with Crippen LogP contribution < -0.4 is 5.32 Å². The molecule has 0 radical (unpaired) electrons. The summed E-state index contributed by atoms with van der Waals surface area (Å²) in [6.07, 6.45) is -0.810. The van der Waals surface area contributed by atoms with E-state index in [9.17, 15) is 19.5 Å². The van der Waals surface area contributed by atoms with Crippen LogP contribution in [-0.2, 0) is 20.9 Å². The third-order valence-electron chi connectivity index (χ3n) is 3.50. The van der Waals surface area contributed by atoms with Crippen molar-refractivity contribution in [3.8, 4) is 0 Å². The summed E-state index contributed by atoms with van der Waals surface area (Å²) in [6, 6.07) is 6.87. The lowest BCUT2D eigenvalue weighted by atomic mass is 10.2. The Kier molecular flexibility index (Phi) is 9.92. The van der Waals surface area contributed by atoms with Gasteiger partial charge < -0.3 is 20.3 Å². The minimum atomic E-state index is -1.22. The molecule has 0 heterocycles. The van der Waals surface area contributed by atoms with E-state index in [1.165, 1.54) is 0 Å². The number of carboxylic acid groups (broad SMARTS) is 2. The number of hydrogen-bond acceptors (Lipinski definition) is 7. The molecule has 144 valence electrons. The van der Waals surface area contributed by atoms with Crippen molar-refractivity contribution in [2.24, 2.45) is 0 Å². The molecule has 0 aliphatic carbocycles. The number of carboxylic acids is 2. The summed E-state index contributed by atoms with van der Waals surface area (Å²) in [7, 11) is 0. The summed E-state index contributed by atoms with van der Waals surface area (Å²) in [4.78, 5) is 35.7. The highest BCUT2D eigenvalue weighted by atomic mass is 32.1. The van der Waals surface area contributed by atoms with Gasteiger partial charge in [0.15, 0.2) is 0 Å². The van der Waals surface area contributed by atoms with Crippen LogP contribution in [0.15, 0.2) is 30.3 Å². The molecule has 0 aliphatic heterocycles. The summed E-state index contributed by atoms with van der Waals surface area (Å²) in [5, 5.41) is 21.0. The second-order valence-corrected chi connectivity index (χ2v) is 6.03. The standard InChI is InChI=1S/C16H22N2O6S2/c19-14(20)12(9-25)17-6-7-18(13(10-26)15(21)22)16(23)24-8-11-4-2-1-3-5-11/h1-5,12-13,17,25-26H,6-10H2,(H,19,20)(H,21,22)/t12-,13-/m0/s1. The smallest absolute Gasteiger partial charge is 0.410 e. The zero-order chi connectivity index (χ0) is 19.5. The highest BCUT2D eigenvalue weighted by molar-refractivity contribution is 7.80. The maximum Gasteiger partial charge on any atom is 0.410 e. The molecule has 0 spiro atoms. The number of nitrogens with one attached hydrogen (secondary N) is 1. The molecule has 1 amide bonds. The van der Waals surface area contributed by atoms with Gasteiger partial charge >= 0.3 is 18.0 Å². The first-order valence-corrected chi connectivity index (χ1v) is 9.05. The van der Waals surface area contributed by atoms with E-state index in [1.807, 2.05) is 6.07 Å². The molecule has 1 rings (SSSR count). The number of ether oxygens (including phenoxy) is 1. The number of thiol groups is 2. The molecule has 0 saturated heterocycles. The number of hydrogen-bond donors (Lipinski definition) is 5. The van der Waals surface area contributed by atoms with Gasteiger partial charge in [-0.15, -0.1) is 0 Å². The first kappa shape index (κ1) is 22.1. The van der Waals surface area contributed by atoms with E-state index in [4.69, 9.17) is 9.84 Å². The van der Waals surface area contributed by atoms with Crippen LogP contribution in [0, 0.1) is 0 Å². The average molecular weight is 402 g/mol. The summed E-state index contributed by atoms with van der Waals surface area (Å²) >= 11 is 7.91.